The molecule has 68 heavy (non-hydrogen) atoms. The van der Waals surface area contributed by atoms with Crippen molar-refractivity contribution in [3.05, 3.63) is 152 Å². The fourth-order valence-corrected chi connectivity index (χ4v) is 10.6. The van der Waals surface area contributed by atoms with Gasteiger partial charge in [-0.2, -0.15) is 10.2 Å². The molecule has 1 aromatic heterocycles. The summed E-state index contributed by atoms with van der Waals surface area (Å²) in [6.45, 7) is 8.85. The van der Waals surface area contributed by atoms with Crippen molar-refractivity contribution in [1.82, 2.24) is 19.1 Å². The number of hydrogen-bond acceptors (Lipinski definition) is 13. The molecule has 0 spiro atoms. The summed E-state index contributed by atoms with van der Waals surface area (Å²) in [7, 11) is 1.05. The number of nitrogens with zero attached hydrogens (tertiary/aromatic N) is 5. The quantitative estimate of drug-likeness (QED) is 0.0359. The molecule has 0 aliphatic carbocycles. The molecule has 5 atom stereocenters. The van der Waals surface area contributed by atoms with E-state index in [1.807, 2.05) is 111 Å². The van der Waals surface area contributed by atoms with Crippen LogP contribution in [0.15, 0.2) is 108 Å². The molecule has 19 heteroatoms. The van der Waals surface area contributed by atoms with Crippen molar-refractivity contribution in [1.29, 1.82) is 5.26 Å². The summed E-state index contributed by atoms with van der Waals surface area (Å²) in [6.07, 6.45) is -2.56. The molecule has 0 saturated carbocycles. The van der Waals surface area contributed by atoms with Crippen LogP contribution in [0, 0.1) is 11.3 Å². The van der Waals surface area contributed by atoms with E-state index < -0.39 is 62.0 Å². The minimum Gasteiger partial charge on any atom is -0.497 e. The summed E-state index contributed by atoms with van der Waals surface area (Å²) < 4.78 is 42.2. The van der Waals surface area contributed by atoms with Gasteiger partial charge in [-0.15, -0.1) is 0 Å². The van der Waals surface area contributed by atoms with E-state index in [0.29, 0.717) is 22.6 Å². The molecule has 4 aromatic carbocycles. The lowest BCUT2D eigenvalue weighted by molar-refractivity contribution is -0.114. The van der Waals surface area contributed by atoms with Crippen molar-refractivity contribution in [3.63, 3.8) is 0 Å². The normalized spacial score (nSPS) is 18.5. The fourth-order valence-electron chi connectivity index (χ4n) is 8.55. The molecule has 5 aromatic rings. The van der Waals surface area contributed by atoms with Crippen molar-refractivity contribution >= 4 is 55.3 Å². The highest BCUT2D eigenvalue weighted by atomic mass is 35.5. The van der Waals surface area contributed by atoms with E-state index in [0.717, 1.165) is 15.0 Å². The van der Waals surface area contributed by atoms with Crippen LogP contribution in [0.5, 0.6) is 11.5 Å². The Bertz CT molecular complexity index is 2620. The number of rotatable bonds is 19. The first kappa shape index (κ1) is 50.2. The van der Waals surface area contributed by atoms with E-state index in [4.69, 9.17) is 51.2 Å². The van der Waals surface area contributed by atoms with Gasteiger partial charge in [-0.1, -0.05) is 77.8 Å². The number of halogens is 2. The SMILES string of the molecule is COc1ccc(C(OC[C@H]2O[C@@H](n3ccc(NC(C)=O)nc3=O)[C@H](N3C(=O)c4cc(Cl)c(Cl)cc4C3=O)[C@@H]2OP(OCCC#N)N(C(C)C)C(C)C)(c2ccccc2)c2ccc(OC)cc2)cc1. The molecule has 1 saturated heterocycles. The van der Waals surface area contributed by atoms with Gasteiger partial charge in [0.05, 0.1) is 61.1 Å². The number of benzene rings is 4. The van der Waals surface area contributed by atoms with Crippen molar-refractivity contribution < 1.29 is 42.4 Å². The lowest BCUT2D eigenvalue weighted by Gasteiger charge is -2.40. The number of hydrogen-bond donors (Lipinski definition) is 1. The monoisotopic (exact) mass is 984 g/mol. The number of fused-ring (bicyclic) bond motifs is 1. The minimum absolute atomic E-state index is 0.00888. The third-order valence-electron chi connectivity index (χ3n) is 11.5. The van der Waals surface area contributed by atoms with Crippen molar-refractivity contribution in [2.75, 3.05) is 32.8 Å². The molecule has 1 unspecified atom stereocenters. The first-order valence-electron chi connectivity index (χ1n) is 21.8. The molecule has 0 radical (unpaired) electrons. The number of anilines is 1. The first-order valence-corrected chi connectivity index (χ1v) is 23.6. The van der Waals surface area contributed by atoms with Crippen LogP contribution < -0.4 is 20.5 Å². The summed E-state index contributed by atoms with van der Waals surface area (Å²) in [5.74, 6) is -0.762. The number of ether oxygens (including phenoxy) is 4. The topological polar surface area (TPSA) is 184 Å². The van der Waals surface area contributed by atoms with Crippen molar-refractivity contribution in [2.45, 2.75) is 83.2 Å². The standard InChI is InChI=1S/C49H51Cl2N6O10P/c1-29(2)57(30(3)4)68(65-25-11-23-52)67-44-41(28-64-49(32-12-9-8-10-13-32,33-14-18-35(62-6)19-15-33)34-16-20-36(63-7)21-17-34)66-47(55-24-22-42(53-31(5)58)54-48(55)61)43(44)56-45(59)37-26-39(50)40(51)27-38(37)46(56)60/h8-10,12-22,24,26-27,29-30,41,43-44,47H,11,25,28H2,1-7H3,(H,53,54,58,61)/t41-,43-,44-,47-,68?/m1/s1. The maximum Gasteiger partial charge on any atom is 0.351 e. The first-order chi connectivity index (χ1) is 32.6. The molecular weight excluding hydrogens is 934 g/mol. The molecule has 3 heterocycles. The molecule has 1 N–H and O–H groups in total. The summed E-state index contributed by atoms with van der Waals surface area (Å²) in [4.78, 5) is 60.9. The van der Waals surface area contributed by atoms with E-state index in [9.17, 15) is 24.4 Å². The van der Waals surface area contributed by atoms with Gasteiger partial charge in [-0.25, -0.2) is 9.46 Å². The lowest BCUT2D eigenvalue weighted by Crippen LogP contribution is -2.52. The maximum absolute atomic E-state index is 14.8. The van der Waals surface area contributed by atoms with Crippen LogP contribution in [0.1, 0.15) is 84.7 Å². The van der Waals surface area contributed by atoms with Gasteiger partial charge in [-0.05, 0) is 86.8 Å². The van der Waals surface area contributed by atoms with Crippen LogP contribution in [0.4, 0.5) is 5.82 Å². The Balaban J connectivity index is 1.45. The van der Waals surface area contributed by atoms with Gasteiger partial charge in [0.2, 0.25) is 5.91 Å². The van der Waals surface area contributed by atoms with Gasteiger partial charge in [-0.3, -0.25) is 23.9 Å². The molecule has 356 valence electrons. The fraction of sp³-hybridized carbons (Fsp3) is 0.347. The number of imide groups is 1. The second-order valence-electron chi connectivity index (χ2n) is 16.5. The van der Waals surface area contributed by atoms with Crippen LogP contribution >= 0.6 is 31.7 Å². The van der Waals surface area contributed by atoms with Gasteiger partial charge >= 0.3 is 5.69 Å². The summed E-state index contributed by atoms with van der Waals surface area (Å²) in [5, 5.41) is 12.2. The molecule has 2 aliphatic rings. The molecule has 1 fully saturated rings. The molecule has 0 bridgehead atoms. The zero-order valence-corrected chi connectivity index (χ0v) is 40.8. The van der Waals surface area contributed by atoms with E-state index >= 15 is 0 Å². The zero-order chi connectivity index (χ0) is 48.9. The molecule has 2 aliphatic heterocycles. The summed E-state index contributed by atoms with van der Waals surface area (Å²) in [6, 6.07) is 28.9. The van der Waals surface area contributed by atoms with Gasteiger partial charge in [0.25, 0.3) is 20.3 Å². The summed E-state index contributed by atoms with van der Waals surface area (Å²) >= 11 is 12.9. The van der Waals surface area contributed by atoms with Crippen LogP contribution in [0.3, 0.4) is 0 Å². The Morgan fingerprint density at radius 2 is 1.41 bits per heavy atom. The number of carbonyl (C=O) groups is 3. The number of amides is 3. The van der Waals surface area contributed by atoms with Crippen molar-refractivity contribution in [2.24, 2.45) is 0 Å². The second-order valence-corrected chi connectivity index (χ2v) is 18.7. The molecular formula is C49H51Cl2N6O10P. The number of methoxy groups -OCH3 is 2. The number of nitriles is 1. The number of aromatic nitrogens is 2. The Labute approximate surface area is 405 Å². The molecule has 3 amide bonds. The van der Waals surface area contributed by atoms with E-state index in [1.54, 1.807) is 14.2 Å². The van der Waals surface area contributed by atoms with Crippen LogP contribution in [-0.4, -0.2) is 94.6 Å². The highest BCUT2D eigenvalue weighted by Gasteiger charge is 2.57. The van der Waals surface area contributed by atoms with Gasteiger partial charge in [0, 0.05) is 25.2 Å². The highest BCUT2D eigenvalue weighted by molar-refractivity contribution is 7.44. The third-order valence-corrected chi connectivity index (χ3v) is 14.3. The van der Waals surface area contributed by atoms with E-state index in [1.165, 1.54) is 31.3 Å². The van der Waals surface area contributed by atoms with Crippen molar-refractivity contribution in [3.8, 4) is 17.6 Å². The van der Waals surface area contributed by atoms with E-state index in [2.05, 4.69) is 16.4 Å². The van der Waals surface area contributed by atoms with Crippen LogP contribution in [-0.2, 0) is 28.9 Å². The van der Waals surface area contributed by atoms with Gasteiger partial charge in [0.1, 0.15) is 41.2 Å². The van der Waals surface area contributed by atoms with Crippen LogP contribution in [0.2, 0.25) is 10.0 Å². The highest BCUT2D eigenvalue weighted by Crippen LogP contribution is 2.52. The van der Waals surface area contributed by atoms with E-state index in [-0.39, 0.29) is 58.7 Å². The predicted molar refractivity (Wildman–Crippen MR) is 256 cm³/mol. The average molecular weight is 986 g/mol. The van der Waals surface area contributed by atoms with Gasteiger partial charge in [0.15, 0.2) is 6.23 Å². The number of carbonyl (C=O) groups excluding carboxylic acids is 3. The Morgan fingerprint density at radius 1 is 0.868 bits per heavy atom. The lowest BCUT2D eigenvalue weighted by atomic mass is 9.80. The minimum atomic E-state index is -2.11. The second kappa shape index (κ2) is 21.7. The van der Waals surface area contributed by atoms with Crippen LogP contribution in [0.25, 0.3) is 0 Å². The molecule has 16 nitrogen and oxygen atoms in total. The smallest absolute Gasteiger partial charge is 0.351 e. The largest absolute Gasteiger partial charge is 0.497 e. The molecule has 7 rings (SSSR count). The Morgan fingerprint density at radius 3 is 1.90 bits per heavy atom. The predicted octanol–water partition coefficient (Wildman–Crippen LogP) is 8.76. The Hall–Kier alpha value is -5.73. The van der Waals surface area contributed by atoms with Gasteiger partial charge < -0.3 is 33.3 Å². The zero-order valence-electron chi connectivity index (χ0n) is 38.4. The summed E-state index contributed by atoms with van der Waals surface area (Å²) in [5.41, 5.74) is -0.151. The Kier molecular flexibility index (Phi) is 16.0. The maximum atomic E-state index is 14.8. The number of nitrogens with one attached hydrogen (secondary N) is 1. The average Bonchev–Trinajstić information content (AvgIpc) is 3.77. The third kappa shape index (κ3) is 10.2.